The Morgan fingerprint density at radius 3 is 1.39 bits per heavy atom. The molecule has 4 aliphatic heterocycles. The van der Waals surface area contributed by atoms with E-state index in [2.05, 4.69) is 20.4 Å². The summed E-state index contributed by atoms with van der Waals surface area (Å²) in [5, 5.41) is 38.8. The Labute approximate surface area is 404 Å². The third kappa shape index (κ3) is 15.5. The number of nitrogens with zero attached hydrogens (tertiary/aromatic N) is 6. The van der Waals surface area contributed by atoms with Gasteiger partial charge in [-0.05, 0) is 62.4 Å². The molecule has 4 aliphatic rings. The number of amidine groups is 2. The predicted octanol–water partition coefficient (Wildman–Crippen LogP) is 0.995. The summed E-state index contributed by atoms with van der Waals surface area (Å²) in [6.07, 6.45) is -2.10. The van der Waals surface area contributed by atoms with Gasteiger partial charge in [0.25, 0.3) is 0 Å². The second-order valence-corrected chi connectivity index (χ2v) is 16.8. The minimum absolute atomic E-state index is 0.00693. The van der Waals surface area contributed by atoms with Crippen molar-refractivity contribution >= 4 is 70.9 Å². The molecule has 380 valence electrons. The first kappa shape index (κ1) is 53.9. The van der Waals surface area contributed by atoms with E-state index in [4.69, 9.17) is 34.9 Å². The summed E-state index contributed by atoms with van der Waals surface area (Å²) in [6.45, 7) is 12.7. The number of amides is 4. The molecule has 0 saturated carbocycles. The van der Waals surface area contributed by atoms with E-state index < -0.39 is 54.6 Å². The van der Waals surface area contributed by atoms with Crippen LogP contribution in [0.1, 0.15) is 51.7 Å². The lowest BCUT2D eigenvalue weighted by Gasteiger charge is -2.38. The van der Waals surface area contributed by atoms with Crippen LogP contribution in [0.3, 0.4) is 0 Å². The summed E-state index contributed by atoms with van der Waals surface area (Å²) >= 11 is 0. The Hall–Kier alpha value is -7.02. The molecule has 0 aliphatic carbocycles. The highest BCUT2D eigenvalue weighted by atomic mass is 16.6. The number of anilines is 2. The molecule has 0 spiro atoms. The van der Waals surface area contributed by atoms with Crippen molar-refractivity contribution in [2.24, 2.45) is 0 Å². The number of carbonyl (C=O) groups is 8. The van der Waals surface area contributed by atoms with Gasteiger partial charge in [-0.25, -0.2) is 9.59 Å². The Kier molecular flexibility index (Phi) is 19.7. The molecule has 0 radical (unpaired) electrons. The van der Waals surface area contributed by atoms with Crippen LogP contribution in [-0.4, -0.2) is 205 Å². The van der Waals surface area contributed by atoms with Gasteiger partial charge in [0.05, 0.1) is 39.1 Å². The van der Waals surface area contributed by atoms with Gasteiger partial charge in [-0.2, -0.15) is 0 Å². The van der Waals surface area contributed by atoms with Gasteiger partial charge in [-0.15, -0.1) is 0 Å². The van der Waals surface area contributed by atoms with Crippen LogP contribution in [0.2, 0.25) is 0 Å². The van der Waals surface area contributed by atoms with Crippen molar-refractivity contribution in [1.29, 1.82) is 10.8 Å². The molecule has 2 aromatic carbocycles. The Bertz CT molecular complexity index is 2230. The Morgan fingerprint density at radius 2 is 1.03 bits per heavy atom. The number of carboxylic acid groups (broad SMARTS) is 2. The zero-order chi connectivity index (χ0) is 51.1. The molecule has 4 heterocycles. The normalized spacial score (nSPS) is 19.7. The maximum Gasteiger partial charge on any atom is 0.414 e. The van der Waals surface area contributed by atoms with E-state index in [1.807, 2.05) is 4.90 Å². The highest BCUT2D eigenvalue weighted by Gasteiger charge is 2.38. The number of ether oxygens (including phenoxy) is 4. The quantitative estimate of drug-likeness (QED) is 0.0525. The summed E-state index contributed by atoms with van der Waals surface area (Å²) in [7, 11) is 0. The molecule has 6 N–H and O–H groups in total. The minimum Gasteiger partial charge on any atom is -0.481 e. The third-order valence-electron chi connectivity index (χ3n) is 11.8. The van der Waals surface area contributed by atoms with E-state index in [0.29, 0.717) is 101 Å². The van der Waals surface area contributed by atoms with Crippen LogP contribution in [0.15, 0.2) is 48.5 Å². The third-order valence-corrected chi connectivity index (χ3v) is 11.8. The summed E-state index contributed by atoms with van der Waals surface area (Å²) < 4.78 is 21.3. The number of benzene rings is 2. The van der Waals surface area contributed by atoms with Crippen LogP contribution >= 0.6 is 0 Å². The summed E-state index contributed by atoms with van der Waals surface area (Å²) in [5.74, 6) is -3.85. The van der Waals surface area contributed by atoms with E-state index in [9.17, 15) is 43.5 Å². The molecular formula is C46H62N10O14. The lowest BCUT2D eigenvalue weighted by atomic mass is 10.1. The molecule has 2 aromatic rings. The summed E-state index contributed by atoms with van der Waals surface area (Å²) in [4.78, 5) is 105. The molecule has 4 saturated heterocycles. The monoisotopic (exact) mass is 978 g/mol. The summed E-state index contributed by atoms with van der Waals surface area (Å²) in [5.41, 5.74) is 2.31. The zero-order valence-electron chi connectivity index (χ0n) is 39.7. The fourth-order valence-electron chi connectivity index (χ4n) is 8.37. The number of esters is 2. The van der Waals surface area contributed by atoms with Crippen molar-refractivity contribution in [3.05, 3.63) is 59.7 Å². The van der Waals surface area contributed by atoms with E-state index >= 15 is 0 Å². The van der Waals surface area contributed by atoms with Gasteiger partial charge in [-0.1, -0.05) is 0 Å². The first-order chi connectivity index (χ1) is 33.3. The van der Waals surface area contributed by atoms with Gasteiger partial charge < -0.3 is 39.8 Å². The van der Waals surface area contributed by atoms with Gasteiger partial charge >= 0.3 is 36.1 Å². The van der Waals surface area contributed by atoms with Crippen LogP contribution in [0.5, 0.6) is 0 Å². The van der Waals surface area contributed by atoms with Gasteiger partial charge in [0.1, 0.15) is 36.0 Å². The predicted molar refractivity (Wildman–Crippen MR) is 251 cm³/mol. The number of rotatable bonds is 18. The number of nitrogens with one attached hydrogen (secondary N) is 4. The molecule has 4 atom stereocenters. The van der Waals surface area contributed by atoms with E-state index in [0.717, 1.165) is 0 Å². The van der Waals surface area contributed by atoms with Gasteiger partial charge in [0.2, 0.25) is 11.8 Å². The van der Waals surface area contributed by atoms with Crippen LogP contribution in [-0.2, 0) is 47.7 Å². The topological polar surface area (TPSA) is 305 Å². The van der Waals surface area contributed by atoms with Crippen molar-refractivity contribution in [3.63, 3.8) is 0 Å². The van der Waals surface area contributed by atoms with Crippen LogP contribution in [0, 0.1) is 10.8 Å². The molecule has 6 rings (SSSR count). The first-order valence-corrected chi connectivity index (χ1v) is 22.9. The Morgan fingerprint density at radius 1 is 0.629 bits per heavy atom. The fraction of sp³-hybridized carbons (Fsp3) is 0.522. The van der Waals surface area contributed by atoms with E-state index in [1.54, 1.807) is 72.2 Å². The molecule has 0 aromatic heterocycles. The molecular weight excluding hydrogens is 917 g/mol. The lowest BCUT2D eigenvalue weighted by molar-refractivity contribution is -0.157. The van der Waals surface area contributed by atoms with Crippen molar-refractivity contribution in [2.75, 3.05) is 102 Å². The number of carboxylic acids is 2. The number of hydrogen-bond acceptors (Lipinski definition) is 18. The molecule has 4 fully saturated rings. The van der Waals surface area contributed by atoms with Crippen molar-refractivity contribution in [3.8, 4) is 0 Å². The lowest BCUT2D eigenvalue weighted by Crippen LogP contribution is -2.54. The van der Waals surface area contributed by atoms with Crippen LogP contribution in [0.4, 0.5) is 21.0 Å². The maximum absolute atomic E-state index is 12.5. The number of aliphatic carboxylic acids is 2. The van der Waals surface area contributed by atoms with E-state index in [1.165, 1.54) is 18.7 Å². The molecule has 0 bridgehead atoms. The van der Waals surface area contributed by atoms with Crippen LogP contribution in [0.25, 0.3) is 0 Å². The highest BCUT2D eigenvalue weighted by molar-refractivity contribution is 6.06. The maximum atomic E-state index is 12.5. The number of piperazine rings is 2. The van der Waals surface area contributed by atoms with Crippen LogP contribution < -0.4 is 20.4 Å². The SMILES string of the molecule is CC(=O)NC(=N)c1ccc(N2CC(CN3CCN(C(CC(=O)O)C(=O)O)CC3)OC2=O)cc1.CCOC(=O)CC(C(=O)OCC)N1CCN(CC2CN(c3ccc(C(=N)NC(C)=O)cc3)C(=O)O2)CC1. The van der Waals surface area contributed by atoms with Crippen molar-refractivity contribution in [1.82, 2.24) is 30.2 Å². The Balaban J connectivity index is 0.000000262. The number of cyclic esters (lactones) is 2. The summed E-state index contributed by atoms with van der Waals surface area (Å²) in [6, 6.07) is 11.7. The van der Waals surface area contributed by atoms with Crippen molar-refractivity contribution < 1.29 is 67.5 Å². The van der Waals surface area contributed by atoms with Gasteiger partial charge in [0.15, 0.2) is 0 Å². The van der Waals surface area contributed by atoms with Crippen molar-refractivity contribution in [2.45, 2.75) is 64.8 Å². The fourth-order valence-corrected chi connectivity index (χ4v) is 8.37. The largest absolute Gasteiger partial charge is 0.481 e. The standard InChI is InChI=1S/C25H35N5O7.C21H27N5O7/c1-4-35-22(32)14-21(24(33)36-5-2)29-12-10-28(11-13-29)15-20-16-30(25(34)37-20)19-8-6-18(7-9-19)23(26)27-17(3)31;1-13(27)23-19(22)14-2-4-15(5-3-14)26-12-16(33-21(26)32)11-24-6-8-25(9-7-24)17(20(30)31)10-18(28)29/h6-9,20-21H,4-5,10-16H2,1-3H3,(H2,26,27,31);2-5,16-17H,6-12H2,1H3,(H,28,29)(H,30,31)(H2,22,23,27). The first-order valence-electron chi connectivity index (χ1n) is 22.9. The minimum atomic E-state index is -1.15. The average Bonchev–Trinajstić information content (AvgIpc) is 3.87. The van der Waals surface area contributed by atoms with E-state index in [-0.39, 0.29) is 55.3 Å². The molecule has 24 nitrogen and oxygen atoms in total. The highest BCUT2D eigenvalue weighted by Crippen LogP contribution is 2.25. The van der Waals surface area contributed by atoms with Gasteiger partial charge in [0, 0.05) is 102 Å². The zero-order valence-corrected chi connectivity index (χ0v) is 39.7. The number of carbonyl (C=O) groups excluding carboxylic acids is 6. The molecule has 24 heteroatoms. The number of hydrogen-bond donors (Lipinski definition) is 6. The van der Waals surface area contributed by atoms with Gasteiger partial charge in [-0.3, -0.25) is 69.0 Å². The average molecular weight is 979 g/mol. The molecule has 4 unspecified atom stereocenters. The second kappa shape index (κ2) is 25.5. The smallest absolute Gasteiger partial charge is 0.414 e. The molecule has 70 heavy (non-hydrogen) atoms. The molecule has 4 amide bonds. The second-order valence-electron chi connectivity index (χ2n) is 16.8.